The predicted octanol–water partition coefficient (Wildman–Crippen LogP) is 0.691. The summed E-state index contributed by atoms with van der Waals surface area (Å²) in [4.78, 5) is 71.2. The van der Waals surface area contributed by atoms with Crippen molar-refractivity contribution < 1.29 is 33.4 Å². The van der Waals surface area contributed by atoms with Gasteiger partial charge in [-0.3, -0.25) is 19.2 Å². The second-order valence-electron chi connectivity index (χ2n) is 10.00. The highest BCUT2D eigenvalue weighted by Crippen LogP contribution is 2.26. The molecule has 1 aromatic heterocycles. The number of unbranched alkanes of at least 4 members (excludes halogenated alkanes) is 1. The van der Waals surface area contributed by atoms with E-state index in [0.717, 1.165) is 18.4 Å². The lowest BCUT2D eigenvalue weighted by molar-refractivity contribution is -0.139. The summed E-state index contributed by atoms with van der Waals surface area (Å²) in [6.07, 6.45) is 1.36. The van der Waals surface area contributed by atoms with Gasteiger partial charge in [-0.1, -0.05) is 19.4 Å². The van der Waals surface area contributed by atoms with E-state index in [9.17, 15) is 24.0 Å². The van der Waals surface area contributed by atoms with Gasteiger partial charge in [0.25, 0.3) is 11.8 Å². The standard InChI is InChI=1S/C28H36N6O7/c1-3-4-13-40-28(39)33-11-9-32(10-12-33)25(36)16-30-27(38)22-15-23(20-6-5-19(2)14-21(20)31-22)41-18-26(37)34-8-7-29-24(35)17-34/h5-6,14-15H,3-4,7-13,16-18H2,1-2H3,(H,29,35)(H,30,38). The van der Waals surface area contributed by atoms with Gasteiger partial charge in [0.05, 0.1) is 25.2 Å². The molecule has 220 valence electrons. The Morgan fingerprint density at radius 2 is 1.76 bits per heavy atom. The summed E-state index contributed by atoms with van der Waals surface area (Å²) in [6, 6.07) is 6.91. The molecule has 0 radical (unpaired) electrons. The molecule has 2 aliphatic rings. The van der Waals surface area contributed by atoms with Crippen LogP contribution in [0.25, 0.3) is 10.9 Å². The smallest absolute Gasteiger partial charge is 0.409 e. The lowest BCUT2D eigenvalue weighted by atomic mass is 10.1. The summed E-state index contributed by atoms with van der Waals surface area (Å²) in [5.41, 5.74) is 1.47. The van der Waals surface area contributed by atoms with E-state index in [2.05, 4.69) is 15.6 Å². The molecule has 2 saturated heterocycles. The number of hydrogen-bond acceptors (Lipinski definition) is 8. The van der Waals surface area contributed by atoms with Gasteiger partial charge in [-0.05, 0) is 31.0 Å². The second-order valence-corrected chi connectivity index (χ2v) is 10.00. The third kappa shape index (κ3) is 7.83. The summed E-state index contributed by atoms with van der Waals surface area (Å²) in [5, 5.41) is 5.91. The molecule has 1 aromatic carbocycles. The highest BCUT2D eigenvalue weighted by Gasteiger charge is 2.26. The van der Waals surface area contributed by atoms with Crippen LogP contribution in [0.5, 0.6) is 5.75 Å². The van der Waals surface area contributed by atoms with Crippen LogP contribution in [0.15, 0.2) is 24.3 Å². The van der Waals surface area contributed by atoms with Crippen LogP contribution < -0.4 is 15.4 Å². The van der Waals surface area contributed by atoms with E-state index in [1.807, 2.05) is 19.9 Å². The summed E-state index contributed by atoms with van der Waals surface area (Å²) >= 11 is 0. The van der Waals surface area contributed by atoms with E-state index in [4.69, 9.17) is 9.47 Å². The first-order chi connectivity index (χ1) is 19.7. The molecule has 13 nitrogen and oxygen atoms in total. The van der Waals surface area contributed by atoms with Crippen molar-refractivity contribution in [3.63, 3.8) is 0 Å². The molecule has 4 rings (SSSR count). The molecule has 2 N–H and O–H groups in total. The van der Waals surface area contributed by atoms with Gasteiger partial charge in [0.2, 0.25) is 11.8 Å². The van der Waals surface area contributed by atoms with Gasteiger partial charge in [0.15, 0.2) is 6.61 Å². The van der Waals surface area contributed by atoms with Crippen LogP contribution in [0.2, 0.25) is 0 Å². The maximum absolute atomic E-state index is 13.0. The van der Waals surface area contributed by atoms with E-state index in [0.29, 0.717) is 62.5 Å². The number of amides is 5. The van der Waals surface area contributed by atoms with E-state index in [-0.39, 0.29) is 49.2 Å². The summed E-state index contributed by atoms with van der Waals surface area (Å²) in [6.45, 7) is 5.89. The monoisotopic (exact) mass is 568 g/mol. The molecule has 0 bridgehead atoms. The number of carbonyl (C=O) groups excluding carboxylic acids is 5. The zero-order chi connectivity index (χ0) is 29.4. The van der Waals surface area contributed by atoms with Crippen molar-refractivity contribution in [3.05, 3.63) is 35.5 Å². The highest BCUT2D eigenvalue weighted by molar-refractivity contribution is 5.99. The molecule has 0 spiro atoms. The number of nitrogens with zero attached hydrogens (tertiary/aromatic N) is 4. The molecule has 0 saturated carbocycles. The molecule has 0 atom stereocenters. The fourth-order valence-electron chi connectivity index (χ4n) is 4.52. The Morgan fingerprint density at radius 3 is 2.49 bits per heavy atom. The highest BCUT2D eigenvalue weighted by atomic mass is 16.6. The van der Waals surface area contributed by atoms with Crippen molar-refractivity contribution in [2.45, 2.75) is 26.7 Å². The van der Waals surface area contributed by atoms with Gasteiger partial charge < -0.3 is 34.8 Å². The lowest BCUT2D eigenvalue weighted by Gasteiger charge is -2.34. The third-order valence-corrected chi connectivity index (χ3v) is 6.92. The van der Waals surface area contributed by atoms with Crippen molar-refractivity contribution in [1.29, 1.82) is 0 Å². The third-order valence-electron chi connectivity index (χ3n) is 6.92. The Bertz CT molecular complexity index is 1310. The maximum Gasteiger partial charge on any atom is 0.409 e. The quantitative estimate of drug-likeness (QED) is 0.420. The number of aromatic nitrogens is 1. The van der Waals surface area contributed by atoms with Crippen molar-refractivity contribution >= 4 is 40.6 Å². The number of carbonyl (C=O) groups is 5. The molecule has 5 amide bonds. The van der Waals surface area contributed by atoms with Crippen LogP contribution >= 0.6 is 0 Å². The number of ether oxygens (including phenoxy) is 2. The Morgan fingerprint density at radius 1 is 1.00 bits per heavy atom. The summed E-state index contributed by atoms with van der Waals surface area (Å²) < 4.78 is 11.1. The van der Waals surface area contributed by atoms with E-state index >= 15 is 0 Å². The number of nitrogens with one attached hydrogen (secondary N) is 2. The maximum atomic E-state index is 13.0. The number of piperazine rings is 2. The molecule has 13 heteroatoms. The predicted molar refractivity (Wildman–Crippen MR) is 148 cm³/mol. The van der Waals surface area contributed by atoms with E-state index < -0.39 is 5.91 Å². The van der Waals surface area contributed by atoms with Gasteiger partial charge in [-0.2, -0.15) is 0 Å². The first-order valence-corrected chi connectivity index (χ1v) is 13.8. The number of hydrogen-bond donors (Lipinski definition) is 2. The van der Waals surface area contributed by atoms with Crippen molar-refractivity contribution in [3.8, 4) is 5.75 Å². The van der Waals surface area contributed by atoms with Gasteiger partial charge in [0, 0.05) is 50.7 Å². The number of aryl methyl sites for hydroxylation is 1. The minimum Gasteiger partial charge on any atom is -0.483 e. The van der Waals surface area contributed by atoms with Crippen LogP contribution in [0.4, 0.5) is 4.79 Å². The molecule has 41 heavy (non-hydrogen) atoms. The first-order valence-electron chi connectivity index (χ1n) is 13.8. The van der Waals surface area contributed by atoms with Gasteiger partial charge in [-0.25, -0.2) is 9.78 Å². The van der Waals surface area contributed by atoms with Crippen LogP contribution in [0.1, 0.15) is 35.8 Å². The van der Waals surface area contributed by atoms with E-state index in [1.165, 1.54) is 11.0 Å². The Balaban J connectivity index is 1.35. The second kappa shape index (κ2) is 13.8. The number of rotatable bonds is 9. The van der Waals surface area contributed by atoms with Crippen LogP contribution in [-0.2, 0) is 19.1 Å². The normalized spacial score (nSPS) is 15.4. The number of pyridine rings is 1. The van der Waals surface area contributed by atoms with Gasteiger partial charge in [0.1, 0.15) is 11.4 Å². The van der Waals surface area contributed by atoms with Gasteiger partial charge in [-0.15, -0.1) is 0 Å². The van der Waals surface area contributed by atoms with Crippen LogP contribution in [-0.4, -0.2) is 115 Å². The minimum atomic E-state index is -0.566. The number of fused-ring (bicyclic) bond motifs is 1. The first kappa shape index (κ1) is 29.6. The zero-order valence-corrected chi connectivity index (χ0v) is 23.4. The number of benzene rings is 1. The Kier molecular flexibility index (Phi) is 9.93. The SMILES string of the molecule is CCCCOC(=O)N1CCN(C(=O)CNC(=O)c2cc(OCC(=O)N3CCNC(=O)C3)c3ccc(C)cc3n2)CC1. The molecule has 2 fully saturated rings. The topological polar surface area (TPSA) is 150 Å². The Hall–Kier alpha value is -4.42. The van der Waals surface area contributed by atoms with Crippen molar-refractivity contribution in [1.82, 2.24) is 30.3 Å². The van der Waals surface area contributed by atoms with Crippen LogP contribution in [0, 0.1) is 6.92 Å². The zero-order valence-electron chi connectivity index (χ0n) is 23.4. The minimum absolute atomic E-state index is 0.0295. The molecular formula is C28H36N6O7. The fourth-order valence-corrected chi connectivity index (χ4v) is 4.52. The largest absolute Gasteiger partial charge is 0.483 e. The molecule has 3 heterocycles. The molecule has 0 unspecified atom stereocenters. The van der Waals surface area contributed by atoms with E-state index in [1.54, 1.807) is 21.9 Å². The average molecular weight is 569 g/mol. The van der Waals surface area contributed by atoms with Gasteiger partial charge >= 0.3 is 6.09 Å². The van der Waals surface area contributed by atoms with Crippen molar-refractivity contribution in [2.24, 2.45) is 0 Å². The molecular weight excluding hydrogens is 532 g/mol. The summed E-state index contributed by atoms with van der Waals surface area (Å²) in [7, 11) is 0. The molecule has 2 aromatic rings. The Labute approximate surface area is 238 Å². The molecule has 2 aliphatic heterocycles. The van der Waals surface area contributed by atoms with Crippen molar-refractivity contribution in [2.75, 3.05) is 65.6 Å². The average Bonchev–Trinajstić information content (AvgIpc) is 2.98. The summed E-state index contributed by atoms with van der Waals surface area (Å²) in [5.74, 6) is -1.12. The fraction of sp³-hybridized carbons (Fsp3) is 0.500. The van der Waals surface area contributed by atoms with Crippen LogP contribution in [0.3, 0.4) is 0 Å². The lowest BCUT2D eigenvalue weighted by Crippen LogP contribution is -2.52. The molecule has 0 aliphatic carbocycles.